The van der Waals surface area contributed by atoms with Crippen LogP contribution in [0, 0.1) is 0 Å². The molecule has 0 unspecified atom stereocenters. The van der Waals surface area contributed by atoms with Gasteiger partial charge in [0.2, 0.25) is 0 Å². The van der Waals surface area contributed by atoms with E-state index in [9.17, 15) is 26.3 Å². The van der Waals surface area contributed by atoms with E-state index in [4.69, 9.17) is 11.6 Å². The average Bonchev–Trinajstić information content (AvgIpc) is 3.40. The minimum atomic E-state index is -4.99. The second kappa shape index (κ2) is 8.35. The van der Waals surface area contributed by atoms with Crippen LogP contribution in [0.1, 0.15) is 22.5 Å². The molecule has 33 heavy (non-hydrogen) atoms. The second-order valence-electron chi connectivity index (χ2n) is 6.77. The van der Waals surface area contributed by atoms with Gasteiger partial charge >= 0.3 is 12.4 Å². The molecule has 0 amide bonds. The smallest absolute Gasteiger partial charge is 0.240 e. The largest absolute Gasteiger partial charge is 0.416 e. The molecule has 170 valence electrons. The van der Waals surface area contributed by atoms with Crippen molar-refractivity contribution in [3.05, 3.63) is 76.2 Å². The summed E-state index contributed by atoms with van der Waals surface area (Å²) in [6, 6.07) is 7.71. The molecule has 0 aliphatic rings. The topological polar surface area (TPSA) is 72.3 Å². The maximum atomic E-state index is 13.3. The number of benzene rings is 2. The molecule has 0 saturated heterocycles. The summed E-state index contributed by atoms with van der Waals surface area (Å²) in [7, 11) is 0. The first-order valence-electron chi connectivity index (χ1n) is 9.08. The lowest BCUT2D eigenvalue weighted by molar-refractivity contribution is -0.143. The van der Waals surface area contributed by atoms with Gasteiger partial charge in [-0.25, -0.2) is 9.78 Å². The molecule has 4 aromatic rings. The van der Waals surface area contributed by atoms with E-state index in [0.29, 0.717) is 28.3 Å². The Hall–Kier alpha value is -3.67. The maximum Gasteiger partial charge on any atom is 0.416 e. The SMILES string of the molecule is FC(F)(F)c1cc(-n2cc(C=Cc3nnn[nH]3)c(-c3cccc(Cl)c3)n2)cc(C(F)(F)F)c1. The number of aromatic amines is 1. The van der Waals surface area contributed by atoms with Crippen molar-refractivity contribution in [3.8, 4) is 16.9 Å². The molecule has 0 radical (unpaired) electrons. The fourth-order valence-electron chi connectivity index (χ4n) is 2.98. The van der Waals surface area contributed by atoms with Gasteiger partial charge in [-0.05, 0) is 52.9 Å². The van der Waals surface area contributed by atoms with Crippen molar-refractivity contribution in [2.75, 3.05) is 0 Å². The zero-order valence-electron chi connectivity index (χ0n) is 16.2. The molecule has 0 aliphatic heterocycles. The van der Waals surface area contributed by atoms with Gasteiger partial charge in [0.05, 0.1) is 22.5 Å². The summed E-state index contributed by atoms with van der Waals surface area (Å²) in [5.74, 6) is 0.276. The van der Waals surface area contributed by atoms with Gasteiger partial charge in [-0.15, -0.1) is 5.10 Å². The number of hydrogen-bond acceptors (Lipinski definition) is 4. The Labute approximate surface area is 186 Å². The molecule has 0 saturated carbocycles. The fraction of sp³-hybridized carbons (Fsp3) is 0.100. The van der Waals surface area contributed by atoms with E-state index < -0.39 is 29.2 Å². The molecule has 0 aliphatic carbocycles. The lowest BCUT2D eigenvalue weighted by Gasteiger charge is -2.14. The second-order valence-corrected chi connectivity index (χ2v) is 7.21. The van der Waals surface area contributed by atoms with Crippen molar-refractivity contribution in [2.45, 2.75) is 12.4 Å². The summed E-state index contributed by atoms with van der Waals surface area (Å²) >= 11 is 6.04. The summed E-state index contributed by atoms with van der Waals surface area (Å²) in [4.78, 5) is 0. The molecule has 2 aromatic carbocycles. The van der Waals surface area contributed by atoms with E-state index in [1.165, 1.54) is 18.3 Å². The summed E-state index contributed by atoms with van der Waals surface area (Å²) in [5.41, 5.74) is -2.17. The number of nitrogens with one attached hydrogen (secondary N) is 1. The lowest BCUT2D eigenvalue weighted by Crippen LogP contribution is -2.12. The minimum Gasteiger partial charge on any atom is -0.240 e. The minimum absolute atomic E-state index is 0.0581. The zero-order chi connectivity index (χ0) is 23.8. The first kappa shape index (κ1) is 22.5. The van der Waals surface area contributed by atoms with Gasteiger partial charge < -0.3 is 0 Å². The number of alkyl halides is 6. The normalized spacial score (nSPS) is 12.6. The molecule has 0 spiro atoms. The molecular formula is C20H11ClF6N6. The Morgan fingerprint density at radius 1 is 0.909 bits per heavy atom. The maximum absolute atomic E-state index is 13.3. The number of hydrogen-bond donors (Lipinski definition) is 1. The van der Waals surface area contributed by atoms with Crippen LogP contribution in [-0.2, 0) is 12.4 Å². The van der Waals surface area contributed by atoms with Gasteiger partial charge in [-0.1, -0.05) is 23.7 Å². The van der Waals surface area contributed by atoms with E-state index in [-0.39, 0.29) is 17.6 Å². The highest BCUT2D eigenvalue weighted by molar-refractivity contribution is 6.30. The van der Waals surface area contributed by atoms with Crippen LogP contribution >= 0.6 is 11.6 Å². The van der Waals surface area contributed by atoms with Crippen molar-refractivity contribution in [3.63, 3.8) is 0 Å². The summed E-state index contributed by atoms with van der Waals surface area (Å²) in [6.07, 6.45) is -5.68. The third-order valence-electron chi connectivity index (χ3n) is 4.46. The van der Waals surface area contributed by atoms with Crippen LogP contribution in [0.5, 0.6) is 0 Å². The van der Waals surface area contributed by atoms with E-state index in [1.54, 1.807) is 24.3 Å². The molecule has 0 fully saturated rings. The van der Waals surface area contributed by atoms with Crippen molar-refractivity contribution in [1.82, 2.24) is 30.4 Å². The van der Waals surface area contributed by atoms with Crippen LogP contribution in [0.2, 0.25) is 5.02 Å². The van der Waals surface area contributed by atoms with E-state index in [2.05, 4.69) is 25.7 Å². The van der Waals surface area contributed by atoms with Crippen LogP contribution in [-0.4, -0.2) is 30.4 Å². The summed E-state index contributed by atoms with van der Waals surface area (Å²) in [6.45, 7) is 0. The van der Waals surface area contributed by atoms with E-state index in [0.717, 1.165) is 4.68 Å². The molecule has 1 N–H and O–H groups in total. The van der Waals surface area contributed by atoms with E-state index >= 15 is 0 Å². The standard InChI is InChI=1S/C20H11ClF6N6/c21-15-3-1-2-11(6-15)18-12(4-5-17-28-31-32-29-17)10-33(30-18)16-8-13(19(22,23)24)7-14(9-16)20(25,26)27/h1-10H,(H,28,29,31,32). The molecule has 4 rings (SSSR count). The predicted molar refractivity (Wildman–Crippen MR) is 107 cm³/mol. The first-order chi connectivity index (χ1) is 15.5. The summed E-state index contributed by atoms with van der Waals surface area (Å²) in [5, 5.41) is 17.7. The molecular weight excluding hydrogens is 474 g/mol. The molecule has 2 heterocycles. The number of nitrogens with zero attached hydrogens (tertiary/aromatic N) is 5. The monoisotopic (exact) mass is 484 g/mol. The Bertz CT molecular complexity index is 1280. The van der Waals surface area contributed by atoms with Crippen molar-refractivity contribution >= 4 is 23.8 Å². The third-order valence-corrected chi connectivity index (χ3v) is 4.70. The quantitative estimate of drug-likeness (QED) is 0.365. The van der Waals surface area contributed by atoms with Crippen LogP contribution < -0.4 is 0 Å². The predicted octanol–water partition coefficient (Wildman–Crippen LogP) is 5.91. The Morgan fingerprint density at radius 2 is 1.61 bits per heavy atom. The molecule has 0 bridgehead atoms. The van der Waals surface area contributed by atoms with Gasteiger partial charge in [0.25, 0.3) is 0 Å². The van der Waals surface area contributed by atoms with E-state index in [1.807, 2.05) is 0 Å². The Morgan fingerprint density at radius 3 is 2.18 bits per heavy atom. The van der Waals surface area contributed by atoms with Crippen molar-refractivity contribution < 1.29 is 26.3 Å². The highest BCUT2D eigenvalue weighted by atomic mass is 35.5. The first-order valence-corrected chi connectivity index (χ1v) is 9.46. The molecule has 2 aromatic heterocycles. The molecule has 0 atom stereocenters. The highest BCUT2D eigenvalue weighted by Gasteiger charge is 2.37. The van der Waals surface area contributed by atoms with Crippen LogP contribution in [0.4, 0.5) is 26.3 Å². The number of tetrazole rings is 1. The van der Waals surface area contributed by atoms with Gasteiger partial charge in [0.1, 0.15) is 0 Å². The Kier molecular flexibility index (Phi) is 5.70. The Balaban J connectivity index is 1.89. The van der Waals surface area contributed by atoms with Crippen molar-refractivity contribution in [1.29, 1.82) is 0 Å². The zero-order valence-corrected chi connectivity index (χ0v) is 16.9. The molecule has 6 nitrogen and oxygen atoms in total. The van der Waals surface area contributed by atoms with Crippen LogP contribution in [0.3, 0.4) is 0 Å². The van der Waals surface area contributed by atoms with Crippen LogP contribution in [0.25, 0.3) is 29.1 Å². The number of rotatable bonds is 4. The number of aromatic nitrogens is 6. The summed E-state index contributed by atoms with van der Waals surface area (Å²) < 4.78 is 80.6. The lowest BCUT2D eigenvalue weighted by atomic mass is 10.1. The van der Waals surface area contributed by atoms with Gasteiger partial charge in [0.15, 0.2) is 5.82 Å². The fourth-order valence-corrected chi connectivity index (χ4v) is 3.17. The third kappa shape index (κ3) is 5.06. The number of halogens is 7. The molecule has 13 heteroatoms. The van der Waals surface area contributed by atoms with Gasteiger partial charge in [0, 0.05) is 22.3 Å². The van der Waals surface area contributed by atoms with Crippen molar-refractivity contribution in [2.24, 2.45) is 0 Å². The highest BCUT2D eigenvalue weighted by Crippen LogP contribution is 2.37. The average molecular weight is 485 g/mol. The van der Waals surface area contributed by atoms with Gasteiger partial charge in [-0.2, -0.15) is 31.4 Å². The van der Waals surface area contributed by atoms with Gasteiger partial charge in [-0.3, -0.25) is 0 Å². The number of H-pyrrole nitrogens is 1. The van der Waals surface area contributed by atoms with Crippen LogP contribution in [0.15, 0.2) is 48.7 Å².